The van der Waals surface area contributed by atoms with Crippen LogP contribution in [0.5, 0.6) is 5.19 Å². The molecule has 9 heteroatoms. The molecule has 0 radical (unpaired) electrons. The van der Waals surface area contributed by atoms with Gasteiger partial charge in [0.15, 0.2) is 0 Å². The Labute approximate surface area is 113 Å². The highest BCUT2D eigenvalue weighted by Crippen LogP contribution is 2.23. The van der Waals surface area contributed by atoms with E-state index in [1.807, 2.05) is 0 Å². The predicted octanol–water partition coefficient (Wildman–Crippen LogP) is 0.276. The molecule has 3 amide bonds. The van der Waals surface area contributed by atoms with Gasteiger partial charge in [-0.1, -0.05) is 5.10 Å². The molecular formula is C10H15N5O3S. The lowest BCUT2D eigenvalue weighted by Gasteiger charge is -2.30. The fraction of sp³-hybridized carbons (Fsp3) is 0.600. The normalized spacial score (nSPS) is 19.0. The molecule has 0 aliphatic carbocycles. The van der Waals surface area contributed by atoms with Crippen LogP contribution in [0.4, 0.5) is 9.93 Å². The molecule has 0 unspecified atom stereocenters. The highest BCUT2D eigenvalue weighted by atomic mass is 32.1. The first-order valence-corrected chi connectivity index (χ1v) is 6.64. The van der Waals surface area contributed by atoms with Gasteiger partial charge in [0.2, 0.25) is 11.0 Å². The first-order valence-electron chi connectivity index (χ1n) is 5.83. The van der Waals surface area contributed by atoms with E-state index in [1.54, 1.807) is 4.90 Å². The molecule has 0 bridgehead atoms. The van der Waals surface area contributed by atoms with Crippen molar-refractivity contribution in [3.8, 4) is 5.19 Å². The number of anilines is 1. The maximum atomic E-state index is 12.0. The van der Waals surface area contributed by atoms with Crippen LogP contribution in [0.15, 0.2) is 0 Å². The second-order valence-electron chi connectivity index (χ2n) is 4.19. The second-order valence-corrected chi connectivity index (χ2v) is 5.13. The largest absolute Gasteiger partial charge is 0.472 e. The summed E-state index contributed by atoms with van der Waals surface area (Å²) in [6.45, 7) is 0.947. The van der Waals surface area contributed by atoms with Crippen molar-refractivity contribution in [1.82, 2.24) is 15.1 Å². The molecule has 0 saturated carbocycles. The SMILES string of the molecule is COc1nnc(NC(=O)N2CCC[C@@H](C(N)=O)C2)s1. The maximum Gasteiger partial charge on any atom is 0.323 e. The maximum absolute atomic E-state index is 12.0. The Bertz CT molecular complexity index is 477. The smallest absolute Gasteiger partial charge is 0.323 e. The van der Waals surface area contributed by atoms with Crippen molar-refractivity contribution >= 4 is 28.4 Å². The van der Waals surface area contributed by atoms with Gasteiger partial charge < -0.3 is 15.4 Å². The van der Waals surface area contributed by atoms with Gasteiger partial charge in [0, 0.05) is 13.1 Å². The Morgan fingerprint density at radius 1 is 1.53 bits per heavy atom. The van der Waals surface area contributed by atoms with Crippen LogP contribution in [0.1, 0.15) is 12.8 Å². The minimum Gasteiger partial charge on any atom is -0.472 e. The highest BCUT2D eigenvalue weighted by molar-refractivity contribution is 7.17. The lowest BCUT2D eigenvalue weighted by atomic mass is 9.98. The van der Waals surface area contributed by atoms with Gasteiger partial charge in [-0.2, -0.15) is 0 Å². The van der Waals surface area contributed by atoms with Crippen molar-refractivity contribution in [2.45, 2.75) is 12.8 Å². The quantitative estimate of drug-likeness (QED) is 0.828. The van der Waals surface area contributed by atoms with Crippen LogP contribution in [0.25, 0.3) is 0 Å². The Morgan fingerprint density at radius 2 is 2.32 bits per heavy atom. The van der Waals surface area contributed by atoms with Crippen molar-refractivity contribution in [2.75, 3.05) is 25.5 Å². The van der Waals surface area contributed by atoms with Crippen LogP contribution < -0.4 is 15.8 Å². The van der Waals surface area contributed by atoms with E-state index in [0.29, 0.717) is 23.4 Å². The van der Waals surface area contributed by atoms with E-state index in [0.717, 1.165) is 24.2 Å². The number of rotatable bonds is 3. The van der Waals surface area contributed by atoms with E-state index in [9.17, 15) is 9.59 Å². The number of primary amides is 1. The van der Waals surface area contributed by atoms with E-state index in [1.165, 1.54) is 7.11 Å². The van der Waals surface area contributed by atoms with Gasteiger partial charge in [-0.3, -0.25) is 10.1 Å². The van der Waals surface area contributed by atoms with Crippen LogP contribution in [-0.4, -0.2) is 47.2 Å². The highest BCUT2D eigenvalue weighted by Gasteiger charge is 2.27. The molecule has 1 fully saturated rings. The van der Waals surface area contributed by atoms with Crippen LogP contribution >= 0.6 is 11.3 Å². The molecule has 19 heavy (non-hydrogen) atoms. The van der Waals surface area contributed by atoms with Gasteiger partial charge in [0.25, 0.3) is 5.19 Å². The summed E-state index contributed by atoms with van der Waals surface area (Å²) in [6.07, 6.45) is 1.49. The zero-order valence-electron chi connectivity index (χ0n) is 10.5. The number of carbonyl (C=O) groups excluding carboxylic acids is 2. The molecule has 3 N–H and O–H groups in total. The van der Waals surface area contributed by atoms with E-state index in [-0.39, 0.29) is 17.9 Å². The number of methoxy groups -OCH3 is 1. The molecule has 2 rings (SSSR count). The van der Waals surface area contributed by atoms with Crippen LogP contribution in [0.2, 0.25) is 0 Å². The lowest BCUT2D eigenvalue weighted by Crippen LogP contribution is -2.45. The van der Waals surface area contributed by atoms with Crippen molar-refractivity contribution in [1.29, 1.82) is 0 Å². The average Bonchev–Trinajstić information content (AvgIpc) is 2.86. The van der Waals surface area contributed by atoms with E-state index in [4.69, 9.17) is 10.5 Å². The number of aromatic nitrogens is 2. The van der Waals surface area contributed by atoms with E-state index < -0.39 is 0 Å². The minimum atomic E-state index is -0.366. The van der Waals surface area contributed by atoms with Gasteiger partial charge in [0.1, 0.15) is 0 Å². The van der Waals surface area contributed by atoms with Crippen molar-refractivity contribution in [3.05, 3.63) is 0 Å². The molecule has 0 spiro atoms. The predicted molar refractivity (Wildman–Crippen MR) is 69.0 cm³/mol. The Morgan fingerprint density at radius 3 is 2.95 bits per heavy atom. The third kappa shape index (κ3) is 3.31. The fourth-order valence-electron chi connectivity index (χ4n) is 1.91. The summed E-state index contributed by atoms with van der Waals surface area (Å²) in [7, 11) is 1.48. The Kier molecular flexibility index (Phi) is 4.15. The number of amides is 3. The van der Waals surface area contributed by atoms with Gasteiger partial charge in [0.05, 0.1) is 13.0 Å². The summed E-state index contributed by atoms with van der Waals surface area (Å²) in [5, 5.41) is 10.9. The zero-order valence-corrected chi connectivity index (χ0v) is 11.3. The number of carbonyl (C=O) groups is 2. The Balaban J connectivity index is 1.93. The summed E-state index contributed by atoms with van der Waals surface area (Å²) < 4.78 is 4.89. The molecule has 104 valence electrons. The molecule has 1 aliphatic rings. The first-order chi connectivity index (χ1) is 9.10. The number of nitrogens with zero attached hydrogens (tertiary/aromatic N) is 3. The summed E-state index contributed by atoms with van der Waals surface area (Å²) >= 11 is 1.14. The number of urea groups is 1. The second kappa shape index (κ2) is 5.83. The number of nitrogens with one attached hydrogen (secondary N) is 1. The van der Waals surface area contributed by atoms with Gasteiger partial charge in [-0.25, -0.2) is 4.79 Å². The number of piperidine rings is 1. The first kappa shape index (κ1) is 13.5. The molecule has 1 aliphatic heterocycles. The van der Waals surface area contributed by atoms with E-state index >= 15 is 0 Å². The van der Waals surface area contributed by atoms with Gasteiger partial charge in [-0.05, 0) is 24.2 Å². The topological polar surface area (TPSA) is 110 Å². The minimum absolute atomic E-state index is 0.275. The molecule has 2 heterocycles. The average molecular weight is 285 g/mol. The van der Waals surface area contributed by atoms with E-state index in [2.05, 4.69) is 15.5 Å². The molecule has 8 nitrogen and oxygen atoms in total. The third-order valence-electron chi connectivity index (χ3n) is 2.91. The van der Waals surface area contributed by atoms with Gasteiger partial charge >= 0.3 is 6.03 Å². The number of nitrogens with two attached hydrogens (primary N) is 1. The van der Waals surface area contributed by atoms with Crippen molar-refractivity contribution < 1.29 is 14.3 Å². The molecule has 1 atom stereocenters. The molecule has 1 aromatic rings. The number of likely N-dealkylation sites (tertiary alicyclic amines) is 1. The fourth-order valence-corrected chi connectivity index (χ4v) is 2.46. The number of hydrogen-bond donors (Lipinski definition) is 2. The standard InChI is InChI=1S/C10H15N5O3S/c1-18-10-14-13-8(19-10)12-9(17)15-4-2-3-6(5-15)7(11)16/h6H,2-5H2,1H3,(H2,11,16)(H,12,13,17)/t6-/m1/s1. The number of hydrogen-bond acceptors (Lipinski definition) is 6. The van der Waals surface area contributed by atoms with Crippen molar-refractivity contribution in [3.63, 3.8) is 0 Å². The Hall–Kier alpha value is -1.90. The monoisotopic (exact) mass is 285 g/mol. The summed E-state index contributed by atoms with van der Waals surface area (Å²) in [6, 6.07) is -0.301. The number of ether oxygens (including phenoxy) is 1. The summed E-state index contributed by atoms with van der Waals surface area (Å²) in [5.41, 5.74) is 5.27. The van der Waals surface area contributed by atoms with Gasteiger partial charge in [-0.15, -0.1) is 5.10 Å². The molecule has 1 saturated heterocycles. The summed E-state index contributed by atoms with van der Waals surface area (Å²) in [4.78, 5) is 24.7. The molecular weight excluding hydrogens is 270 g/mol. The molecule has 0 aromatic carbocycles. The third-order valence-corrected chi connectivity index (χ3v) is 3.71. The zero-order chi connectivity index (χ0) is 13.8. The van der Waals surface area contributed by atoms with Crippen LogP contribution in [0.3, 0.4) is 0 Å². The summed E-state index contributed by atoms with van der Waals surface area (Å²) in [5.74, 6) is -0.640. The lowest BCUT2D eigenvalue weighted by molar-refractivity contribution is -0.123. The van der Waals surface area contributed by atoms with Crippen LogP contribution in [0, 0.1) is 5.92 Å². The van der Waals surface area contributed by atoms with Crippen molar-refractivity contribution in [2.24, 2.45) is 11.7 Å². The molecule has 1 aromatic heterocycles. The van der Waals surface area contributed by atoms with Crippen LogP contribution in [-0.2, 0) is 4.79 Å².